The van der Waals surface area contributed by atoms with Gasteiger partial charge in [0.15, 0.2) is 5.82 Å². The molecule has 0 spiro atoms. The number of hydrogen-bond donors (Lipinski definition) is 1. The van der Waals surface area contributed by atoms with Crippen LogP contribution in [-0.2, 0) is 0 Å². The van der Waals surface area contributed by atoms with Gasteiger partial charge < -0.3 is 19.7 Å². The molecular formula is C11H16N4O2. The Morgan fingerprint density at radius 3 is 2.59 bits per heavy atom. The lowest BCUT2D eigenvalue weighted by Crippen LogP contribution is -3.14. The Labute approximate surface area is 99.9 Å². The van der Waals surface area contributed by atoms with Crippen molar-refractivity contribution in [2.24, 2.45) is 0 Å². The Kier molecular flexibility index (Phi) is 3.53. The summed E-state index contributed by atoms with van der Waals surface area (Å²) in [5, 5.41) is 18.1. The van der Waals surface area contributed by atoms with Crippen molar-refractivity contribution in [2.45, 2.75) is 6.92 Å². The Balaban J connectivity index is 2.01. The van der Waals surface area contributed by atoms with E-state index in [1.54, 1.807) is 11.0 Å². The summed E-state index contributed by atoms with van der Waals surface area (Å²) in [6.07, 6.45) is 0. The largest absolute Gasteiger partial charge is 0.543 e. The molecule has 1 aromatic rings. The fourth-order valence-electron chi connectivity index (χ4n) is 2.01. The number of nitrogens with one attached hydrogen (secondary N) is 1. The van der Waals surface area contributed by atoms with E-state index in [1.165, 1.54) is 6.07 Å². The van der Waals surface area contributed by atoms with Crippen LogP contribution in [0.25, 0.3) is 0 Å². The lowest BCUT2D eigenvalue weighted by Gasteiger charge is -2.32. The van der Waals surface area contributed by atoms with Crippen molar-refractivity contribution in [1.29, 1.82) is 0 Å². The van der Waals surface area contributed by atoms with Crippen LogP contribution in [0.3, 0.4) is 0 Å². The molecule has 0 amide bonds. The molecule has 2 rings (SSSR count). The summed E-state index contributed by atoms with van der Waals surface area (Å²) in [7, 11) is 0. The summed E-state index contributed by atoms with van der Waals surface area (Å²) >= 11 is 0. The van der Waals surface area contributed by atoms with E-state index in [1.807, 2.05) is 0 Å². The second-order valence-corrected chi connectivity index (χ2v) is 4.15. The summed E-state index contributed by atoms with van der Waals surface area (Å²) in [5.74, 6) is -0.547. The fourth-order valence-corrected chi connectivity index (χ4v) is 2.01. The first kappa shape index (κ1) is 11.8. The first-order valence-electron chi connectivity index (χ1n) is 5.84. The van der Waals surface area contributed by atoms with Gasteiger partial charge in [0.05, 0.1) is 38.7 Å². The predicted octanol–water partition coefficient (Wildman–Crippen LogP) is -2.44. The topological polar surface area (TPSA) is 73.6 Å². The molecule has 1 aromatic heterocycles. The molecule has 0 saturated carbocycles. The third kappa shape index (κ3) is 2.71. The van der Waals surface area contributed by atoms with E-state index < -0.39 is 5.97 Å². The van der Waals surface area contributed by atoms with Gasteiger partial charge in [0.25, 0.3) is 0 Å². The molecule has 1 aliphatic rings. The molecule has 0 aromatic carbocycles. The Bertz CT molecular complexity index is 385. The summed E-state index contributed by atoms with van der Waals surface area (Å²) in [5.41, 5.74) is -0.119. The monoisotopic (exact) mass is 236 g/mol. The lowest BCUT2D eigenvalue weighted by atomic mass is 10.3. The second-order valence-electron chi connectivity index (χ2n) is 4.15. The minimum Gasteiger partial charge on any atom is -0.543 e. The van der Waals surface area contributed by atoms with Gasteiger partial charge in [-0.3, -0.25) is 0 Å². The second kappa shape index (κ2) is 5.09. The number of likely N-dealkylation sites (N-methyl/N-ethyl adjacent to an activating group) is 1. The summed E-state index contributed by atoms with van der Waals surface area (Å²) < 4.78 is 0. The molecule has 1 aliphatic heterocycles. The number of quaternary nitrogens is 1. The van der Waals surface area contributed by atoms with E-state index in [2.05, 4.69) is 22.0 Å². The Morgan fingerprint density at radius 2 is 2.12 bits per heavy atom. The average Bonchev–Trinajstić information content (AvgIpc) is 2.39. The van der Waals surface area contributed by atoms with Crippen LogP contribution in [0.1, 0.15) is 17.4 Å². The number of carbonyl (C=O) groups is 1. The van der Waals surface area contributed by atoms with Crippen LogP contribution in [0.4, 0.5) is 5.82 Å². The van der Waals surface area contributed by atoms with Crippen molar-refractivity contribution < 1.29 is 14.8 Å². The third-order valence-corrected chi connectivity index (χ3v) is 3.15. The van der Waals surface area contributed by atoms with Crippen molar-refractivity contribution in [2.75, 3.05) is 37.6 Å². The highest BCUT2D eigenvalue weighted by atomic mass is 16.4. The number of aromatic carboxylic acids is 1. The molecule has 1 saturated heterocycles. The number of aromatic nitrogens is 2. The van der Waals surface area contributed by atoms with Gasteiger partial charge in [-0.2, -0.15) is 0 Å². The molecule has 92 valence electrons. The number of hydrogen-bond acceptors (Lipinski definition) is 5. The number of piperazine rings is 1. The van der Waals surface area contributed by atoms with Crippen LogP contribution in [0, 0.1) is 0 Å². The fraction of sp³-hybridized carbons (Fsp3) is 0.545. The van der Waals surface area contributed by atoms with Gasteiger partial charge >= 0.3 is 0 Å². The number of rotatable bonds is 3. The van der Waals surface area contributed by atoms with E-state index >= 15 is 0 Å². The predicted molar refractivity (Wildman–Crippen MR) is 59.8 cm³/mol. The van der Waals surface area contributed by atoms with Crippen molar-refractivity contribution in [3.63, 3.8) is 0 Å². The number of nitrogens with zero attached hydrogens (tertiary/aromatic N) is 3. The van der Waals surface area contributed by atoms with E-state index in [9.17, 15) is 9.90 Å². The molecule has 17 heavy (non-hydrogen) atoms. The zero-order valence-electron chi connectivity index (χ0n) is 9.85. The van der Waals surface area contributed by atoms with Gasteiger partial charge in [0.2, 0.25) is 0 Å². The average molecular weight is 236 g/mol. The Morgan fingerprint density at radius 1 is 1.41 bits per heavy atom. The maximum atomic E-state index is 10.5. The van der Waals surface area contributed by atoms with Crippen molar-refractivity contribution in [3.05, 3.63) is 17.8 Å². The number of carboxylic acid groups (broad SMARTS) is 1. The number of anilines is 1. The van der Waals surface area contributed by atoms with Crippen LogP contribution < -0.4 is 14.9 Å². The molecular weight excluding hydrogens is 220 g/mol. The molecule has 2 heterocycles. The first-order chi connectivity index (χ1) is 8.20. The highest BCUT2D eigenvalue weighted by Gasteiger charge is 2.19. The zero-order chi connectivity index (χ0) is 12.3. The standard InChI is InChI=1S/C11H16N4O2/c1-2-14-5-7-15(8-6-14)10-4-3-9(11(16)17)12-13-10/h3-4H,2,5-8H2,1H3,(H,16,17). The smallest absolute Gasteiger partial charge is 0.151 e. The van der Waals surface area contributed by atoms with Crippen LogP contribution in [0.2, 0.25) is 0 Å². The third-order valence-electron chi connectivity index (χ3n) is 3.15. The minimum absolute atomic E-state index is 0.119. The Hall–Kier alpha value is -1.69. The first-order valence-corrected chi connectivity index (χ1v) is 5.84. The molecule has 0 atom stereocenters. The molecule has 1 fully saturated rings. The minimum atomic E-state index is -1.29. The van der Waals surface area contributed by atoms with Crippen LogP contribution in [0.15, 0.2) is 12.1 Å². The van der Waals surface area contributed by atoms with Crippen LogP contribution in [-0.4, -0.2) is 48.9 Å². The molecule has 6 heteroatoms. The molecule has 6 nitrogen and oxygen atoms in total. The van der Waals surface area contributed by atoms with Crippen molar-refractivity contribution in [3.8, 4) is 0 Å². The SMILES string of the molecule is CC[NH+]1CCN(c2ccc(C(=O)[O-])nn2)CC1. The van der Waals surface area contributed by atoms with Gasteiger partial charge in [-0.05, 0) is 19.1 Å². The van der Waals surface area contributed by atoms with Crippen molar-refractivity contribution >= 4 is 11.8 Å². The maximum Gasteiger partial charge on any atom is 0.151 e. The summed E-state index contributed by atoms with van der Waals surface area (Å²) in [6, 6.07) is 3.13. The van der Waals surface area contributed by atoms with Gasteiger partial charge in [-0.25, -0.2) is 0 Å². The van der Waals surface area contributed by atoms with Gasteiger partial charge in [0.1, 0.15) is 5.69 Å². The van der Waals surface area contributed by atoms with E-state index in [-0.39, 0.29) is 5.69 Å². The normalized spacial score (nSPS) is 17.1. The molecule has 0 unspecified atom stereocenters. The maximum absolute atomic E-state index is 10.5. The summed E-state index contributed by atoms with van der Waals surface area (Å²) in [4.78, 5) is 14.3. The molecule has 0 aliphatic carbocycles. The van der Waals surface area contributed by atoms with Gasteiger partial charge in [-0.15, -0.1) is 10.2 Å². The van der Waals surface area contributed by atoms with Gasteiger partial charge in [-0.1, -0.05) is 0 Å². The lowest BCUT2D eigenvalue weighted by molar-refractivity contribution is -0.898. The highest BCUT2D eigenvalue weighted by molar-refractivity contribution is 5.83. The van der Waals surface area contributed by atoms with Crippen LogP contribution >= 0.6 is 0 Å². The number of carboxylic acids is 1. The molecule has 0 radical (unpaired) electrons. The summed E-state index contributed by atoms with van der Waals surface area (Å²) in [6.45, 7) is 7.36. The van der Waals surface area contributed by atoms with E-state index in [4.69, 9.17) is 0 Å². The van der Waals surface area contributed by atoms with Gasteiger partial charge in [0, 0.05) is 0 Å². The van der Waals surface area contributed by atoms with Crippen LogP contribution in [0.5, 0.6) is 0 Å². The zero-order valence-corrected chi connectivity index (χ0v) is 9.85. The van der Waals surface area contributed by atoms with Crippen molar-refractivity contribution in [1.82, 2.24) is 10.2 Å². The quantitative estimate of drug-likeness (QED) is 0.631. The molecule has 0 bridgehead atoms. The molecule has 1 N–H and O–H groups in total. The van der Waals surface area contributed by atoms with E-state index in [0.717, 1.165) is 38.5 Å². The number of carbonyl (C=O) groups excluding carboxylic acids is 1. The highest BCUT2D eigenvalue weighted by Crippen LogP contribution is 2.08. The van der Waals surface area contributed by atoms with E-state index in [0.29, 0.717) is 0 Å².